The number of hydrogen-bond acceptors (Lipinski definition) is 2. The molecule has 27 heavy (non-hydrogen) atoms. The number of fused-ring (bicyclic) bond motifs is 1. The van der Waals surface area contributed by atoms with Crippen LogP contribution >= 0.6 is 11.6 Å². The van der Waals surface area contributed by atoms with Gasteiger partial charge >= 0.3 is 6.03 Å². The quantitative estimate of drug-likeness (QED) is 0.732. The minimum absolute atomic E-state index is 0.171. The Morgan fingerprint density at radius 2 is 1.74 bits per heavy atom. The van der Waals surface area contributed by atoms with Crippen LogP contribution in [0.5, 0.6) is 0 Å². The number of carbonyl (C=O) groups excluding carboxylic acids is 2. The molecule has 0 bridgehead atoms. The molecule has 0 aromatic heterocycles. The molecule has 0 fully saturated rings. The summed E-state index contributed by atoms with van der Waals surface area (Å²) < 4.78 is 0. The topological polar surface area (TPSA) is 61.4 Å². The van der Waals surface area contributed by atoms with E-state index in [1.807, 2.05) is 23.1 Å². The number of hydrogen-bond donors (Lipinski definition) is 2. The van der Waals surface area contributed by atoms with Crippen molar-refractivity contribution >= 4 is 40.6 Å². The standard InChI is InChI=1S/C21H24ClN3O2/c1-14(2)11-12-25-19-9-8-18(13-15(19)3-10-20(25)26)24-21(27)23-17-6-4-16(22)5-7-17/h4-9,13-14H,3,10-12H2,1-2H3,(H2,23,24,27). The first-order valence-corrected chi connectivity index (χ1v) is 9.57. The summed E-state index contributed by atoms with van der Waals surface area (Å²) in [5.41, 5.74) is 3.41. The SMILES string of the molecule is CC(C)CCN1C(=O)CCc2cc(NC(=O)Nc3ccc(Cl)cc3)ccc21. The molecule has 2 aromatic rings. The first kappa shape index (κ1) is 19.2. The van der Waals surface area contributed by atoms with Crippen molar-refractivity contribution in [2.24, 2.45) is 5.92 Å². The number of aryl methyl sites for hydroxylation is 1. The average molecular weight is 386 g/mol. The van der Waals surface area contributed by atoms with Gasteiger partial charge in [0, 0.05) is 35.1 Å². The second kappa shape index (κ2) is 8.44. The zero-order chi connectivity index (χ0) is 19.4. The number of benzene rings is 2. The van der Waals surface area contributed by atoms with Crippen molar-refractivity contribution in [3.8, 4) is 0 Å². The molecule has 0 saturated carbocycles. The minimum Gasteiger partial charge on any atom is -0.312 e. The maximum atomic E-state index is 12.3. The van der Waals surface area contributed by atoms with Gasteiger partial charge in [0.25, 0.3) is 0 Å². The third-order valence-electron chi connectivity index (χ3n) is 4.57. The molecule has 0 radical (unpaired) electrons. The zero-order valence-corrected chi connectivity index (χ0v) is 16.3. The predicted molar refractivity (Wildman–Crippen MR) is 111 cm³/mol. The molecule has 2 N–H and O–H groups in total. The van der Waals surface area contributed by atoms with Crippen LogP contribution in [0.1, 0.15) is 32.3 Å². The van der Waals surface area contributed by atoms with Crippen LogP contribution in [0.15, 0.2) is 42.5 Å². The first-order valence-electron chi connectivity index (χ1n) is 9.19. The summed E-state index contributed by atoms with van der Waals surface area (Å²) in [6, 6.07) is 12.3. The van der Waals surface area contributed by atoms with Crippen molar-refractivity contribution in [1.82, 2.24) is 0 Å². The van der Waals surface area contributed by atoms with Crippen LogP contribution in [0.2, 0.25) is 5.02 Å². The van der Waals surface area contributed by atoms with E-state index in [9.17, 15) is 9.59 Å². The molecule has 2 aromatic carbocycles. The molecule has 1 aliphatic heterocycles. The van der Waals surface area contributed by atoms with Gasteiger partial charge in [-0.3, -0.25) is 4.79 Å². The fourth-order valence-electron chi connectivity index (χ4n) is 3.10. The smallest absolute Gasteiger partial charge is 0.312 e. The molecule has 0 unspecified atom stereocenters. The van der Waals surface area contributed by atoms with E-state index in [2.05, 4.69) is 24.5 Å². The second-order valence-electron chi connectivity index (χ2n) is 7.16. The van der Waals surface area contributed by atoms with Gasteiger partial charge in [0.05, 0.1) is 0 Å². The van der Waals surface area contributed by atoms with E-state index in [4.69, 9.17) is 11.6 Å². The monoisotopic (exact) mass is 385 g/mol. The van der Waals surface area contributed by atoms with Gasteiger partial charge in [-0.2, -0.15) is 0 Å². The van der Waals surface area contributed by atoms with Gasteiger partial charge in [0.2, 0.25) is 5.91 Å². The molecular weight excluding hydrogens is 362 g/mol. The average Bonchev–Trinajstić information content (AvgIpc) is 2.62. The molecule has 0 aliphatic carbocycles. The molecule has 3 amide bonds. The van der Waals surface area contributed by atoms with Crippen LogP contribution in [0, 0.1) is 5.92 Å². The summed E-state index contributed by atoms with van der Waals surface area (Å²) in [4.78, 5) is 26.4. The normalized spacial score (nSPS) is 13.5. The predicted octanol–water partition coefficient (Wildman–Crippen LogP) is 5.31. The number of rotatable bonds is 5. The molecule has 1 aliphatic rings. The number of nitrogens with zero attached hydrogens (tertiary/aromatic N) is 1. The highest BCUT2D eigenvalue weighted by atomic mass is 35.5. The summed E-state index contributed by atoms with van der Waals surface area (Å²) >= 11 is 5.85. The Bertz CT molecular complexity index is 834. The summed E-state index contributed by atoms with van der Waals surface area (Å²) in [6.07, 6.45) is 2.17. The van der Waals surface area contributed by atoms with Crippen molar-refractivity contribution in [3.63, 3.8) is 0 Å². The third kappa shape index (κ3) is 5.01. The van der Waals surface area contributed by atoms with Crippen LogP contribution in [0.25, 0.3) is 0 Å². The van der Waals surface area contributed by atoms with Gasteiger partial charge in [-0.05, 0) is 66.8 Å². The highest BCUT2D eigenvalue weighted by Crippen LogP contribution is 2.31. The number of anilines is 3. The van der Waals surface area contributed by atoms with Gasteiger partial charge < -0.3 is 15.5 Å². The largest absolute Gasteiger partial charge is 0.323 e. The maximum absolute atomic E-state index is 12.3. The molecule has 6 heteroatoms. The van der Waals surface area contributed by atoms with E-state index in [1.165, 1.54) is 0 Å². The summed E-state index contributed by atoms with van der Waals surface area (Å²) in [5.74, 6) is 0.713. The van der Waals surface area contributed by atoms with Crippen LogP contribution < -0.4 is 15.5 Å². The van der Waals surface area contributed by atoms with Crippen molar-refractivity contribution in [3.05, 3.63) is 53.1 Å². The Hall–Kier alpha value is -2.53. The Labute approximate surface area is 164 Å². The second-order valence-corrected chi connectivity index (χ2v) is 7.59. The summed E-state index contributed by atoms with van der Waals surface area (Å²) in [5, 5.41) is 6.24. The van der Waals surface area contributed by atoms with Gasteiger partial charge in [-0.1, -0.05) is 25.4 Å². The van der Waals surface area contributed by atoms with Gasteiger partial charge in [-0.15, -0.1) is 0 Å². The van der Waals surface area contributed by atoms with Crippen molar-refractivity contribution < 1.29 is 9.59 Å². The number of amides is 3. The molecule has 1 heterocycles. The van der Waals surface area contributed by atoms with Gasteiger partial charge in [0.1, 0.15) is 0 Å². The Balaban J connectivity index is 1.69. The maximum Gasteiger partial charge on any atom is 0.323 e. The first-order chi connectivity index (χ1) is 12.9. The number of halogens is 1. The number of carbonyl (C=O) groups is 2. The van der Waals surface area contributed by atoms with E-state index in [0.29, 0.717) is 35.2 Å². The summed E-state index contributed by atoms with van der Waals surface area (Å²) in [6.45, 7) is 5.04. The van der Waals surface area contributed by atoms with Crippen molar-refractivity contribution in [1.29, 1.82) is 0 Å². The van der Waals surface area contributed by atoms with Crippen LogP contribution in [-0.2, 0) is 11.2 Å². The molecule has 142 valence electrons. The van der Waals surface area contributed by atoms with E-state index in [0.717, 1.165) is 24.2 Å². The van der Waals surface area contributed by atoms with Crippen molar-refractivity contribution in [2.45, 2.75) is 33.1 Å². The molecular formula is C21H24ClN3O2. The highest BCUT2D eigenvalue weighted by Gasteiger charge is 2.24. The van der Waals surface area contributed by atoms with E-state index in [-0.39, 0.29) is 11.9 Å². The van der Waals surface area contributed by atoms with Gasteiger partial charge in [-0.25, -0.2) is 4.79 Å². The van der Waals surface area contributed by atoms with Crippen LogP contribution in [0.3, 0.4) is 0 Å². The lowest BCUT2D eigenvalue weighted by Gasteiger charge is -2.30. The highest BCUT2D eigenvalue weighted by molar-refractivity contribution is 6.30. The molecule has 0 atom stereocenters. The lowest BCUT2D eigenvalue weighted by atomic mass is 9.99. The Kier molecular flexibility index (Phi) is 6.01. The van der Waals surface area contributed by atoms with E-state index < -0.39 is 0 Å². The lowest BCUT2D eigenvalue weighted by Crippen LogP contribution is -2.36. The molecule has 0 spiro atoms. The lowest BCUT2D eigenvalue weighted by molar-refractivity contribution is -0.118. The Morgan fingerprint density at radius 1 is 1.07 bits per heavy atom. The Morgan fingerprint density at radius 3 is 2.44 bits per heavy atom. The molecule has 5 nitrogen and oxygen atoms in total. The minimum atomic E-state index is -0.319. The van der Waals surface area contributed by atoms with Crippen LogP contribution in [-0.4, -0.2) is 18.5 Å². The third-order valence-corrected chi connectivity index (χ3v) is 4.82. The van der Waals surface area contributed by atoms with E-state index >= 15 is 0 Å². The van der Waals surface area contributed by atoms with E-state index in [1.54, 1.807) is 24.3 Å². The zero-order valence-electron chi connectivity index (χ0n) is 15.6. The van der Waals surface area contributed by atoms with Gasteiger partial charge in [0.15, 0.2) is 0 Å². The fraction of sp³-hybridized carbons (Fsp3) is 0.333. The number of nitrogens with one attached hydrogen (secondary N) is 2. The number of urea groups is 1. The molecule has 0 saturated heterocycles. The summed E-state index contributed by atoms with van der Waals surface area (Å²) in [7, 11) is 0. The van der Waals surface area contributed by atoms with Crippen LogP contribution in [0.4, 0.5) is 21.9 Å². The van der Waals surface area contributed by atoms with Crippen molar-refractivity contribution in [2.75, 3.05) is 22.1 Å². The fourth-order valence-corrected chi connectivity index (χ4v) is 3.22. The molecule has 3 rings (SSSR count).